The molecule has 90 valence electrons. The number of nitrogens with zero attached hydrogens (tertiary/aromatic N) is 2. The number of hydrogen-bond donors (Lipinski definition) is 0. The van der Waals surface area contributed by atoms with E-state index in [1.807, 2.05) is 0 Å². The number of aromatic nitrogens is 2. The lowest BCUT2D eigenvalue weighted by molar-refractivity contribution is -0.139. The first kappa shape index (κ1) is 12.8. The van der Waals surface area contributed by atoms with Gasteiger partial charge in [-0.1, -0.05) is 11.8 Å². The predicted molar refractivity (Wildman–Crippen MR) is 58.1 cm³/mol. The number of carbonyl (C=O) groups excluding carboxylic acids is 2. The Hall–Kier alpha value is -2.29. The van der Waals surface area contributed by atoms with E-state index in [1.54, 1.807) is 7.05 Å². The zero-order chi connectivity index (χ0) is 12.8. The van der Waals surface area contributed by atoms with E-state index in [-0.39, 0.29) is 12.1 Å². The first-order chi connectivity index (χ1) is 8.10. The molecule has 1 heterocycles. The van der Waals surface area contributed by atoms with Crippen LogP contribution in [0.3, 0.4) is 0 Å². The minimum absolute atomic E-state index is 0.0357. The second-order valence-corrected chi connectivity index (χ2v) is 3.08. The summed E-state index contributed by atoms with van der Waals surface area (Å²) in [6, 6.07) is 0. The molecule has 0 atom stereocenters. The van der Waals surface area contributed by atoms with Crippen molar-refractivity contribution < 1.29 is 19.1 Å². The molecule has 6 nitrogen and oxygen atoms in total. The van der Waals surface area contributed by atoms with E-state index < -0.39 is 11.9 Å². The molecule has 0 fully saturated rings. The largest absolute Gasteiger partial charge is 0.468 e. The highest BCUT2D eigenvalue weighted by Crippen LogP contribution is 2.07. The molecule has 0 amide bonds. The number of esters is 2. The van der Waals surface area contributed by atoms with Crippen molar-refractivity contribution in [2.75, 3.05) is 14.2 Å². The second kappa shape index (κ2) is 5.70. The van der Waals surface area contributed by atoms with Gasteiger partial charge in [-0.25, -0.2) is 4.79 Å². The number of aryl methyl sites for hydroxylation is 1. The molecule has 0 saturated carbocycles. The Morgan fingerprint density at radius 3 is 2.71 bits per heavy atom. The van der Waals surface area contributed by atoms with Gasteiger partial charge in [-0.05, 0) is 0 Å². The molecule has 6 heteroatoms. The third-order valence-corrected chi connectivity index (χ3v) is 2.00. The van der Waals surface area contributed by atoms with Gasteiger partial charge in [0.05, 0.1) is 26.0 Å². The van der Waals surface area contributed by atoms with Crippen molar-refractivity contribution in [1.82, 2.24) is 9.78 Å². The SMILES string of the molecule is COC(=O)CC#Cc1cnn(C)c1C(=O)OC. The molecule has 17 heavy (non-hydrogen) atoms. The fourth-order valence-electron chi connectivity index (χ4n) is 1.15. The summed E-state index contributed by atoms with van der Waals surface area (Å²) < 4.78 is 10.4. The highest BCUT2D eigenvalue weighted by molar-refractivity contribution is 5.90. The van der Waals surface area contributed by atoms with Gasteiger partial charge in [-0.2, -0.15) is 5.10 Å². The number of ether oxygens (including phenoxy) is 2. The molecule has 1 rings (SSSR count). The van der Waals surface area contributed by atoms with Crippen molar-refractivity contribution in [3.05, 3.63) is 17.5 Å². The van der Waals surface area contributed by atoms with E-state index in [0.717, 1.165) is 0 Å². The third kappa shape index (κ3) is 3.08. The van der Waals surface area contributed by atoms with Gasteiger partial charge in [0.2, 0.25) is 0 Å². The van der Waals surface area contributed by atoms with Crippen molar-refractivity contribution in [3.8, 4) is 11.8 Å². The molecule has 0 bridgehead atoms. The minimum atomic E-state index is -0.521. The molecule has 0 aliphatic heterocycles. The van der Waals surface area contributed by atoms with Gasteiger partial charge < -0.3 is 9.47 Å². The van der Waals surface area contributed by atoms with Crippen LogP contribution in [0.4, 0.5) is 0 Å². The molecule has 0 aliphatic carbocycles. The lowest BCUT2D eigenvalue weighted by atomic mass is 10.2. The number of methoxy groups -OCH3 is 2. The Morgan fingerprint density at radius 2 is 2.12 bits per heavy atom. The van der Waals surface area contributed by atoms with Crippen molar-refractivity contribution in [2.45, 2.75) is 6.42 Å². The Balaban J connectivity index is 2.92. The fourth-order valence-corrected chi connectivity index (χ4v) is 1.15. The standard InChI is InChI=1S/C11H12N2O4/c1-13-10(11(15)17-3)8(7-12-13)5-4-6-9(14)16-2/h7H,6H2,1-3H3. The molecule has 0 aliphatic rings. The van der Waals surface area contributed by atoms with Crippen LogP contribution in [0.15, 0.2) is 6.20 Å². The lowest BCUT2D eigenvalue weighted by Gasteiger charge is -1.99. The zero-order valence-electron chi connectivity index (χ0n) is 9.81. The summed E-state index contributed by atoms with van der Waals surface area (Å²) >= 11 is 0. The molecule has 0 N–H and O–H groups in total. The average Bonchev–Trinajstić information content (AvgIpc) is 2.69. The van der Waals surface area contributed by atoms with E-state index in [2.05, 4.69) is 26.4 Å². The van der Waals surface area contributed by atoms with E-state index in [4.69, 9.17) is 0 Å². The van der Waals surface area contributed by atoms with E-state index >= 15 is 0 Å². The summed E-state index contributed by atoms with van der Waals surface area (Å²) in [4.78, 5) is 22.3. The molecule has 0 unspecified atom stereocenters. The maximum atomic E-state index is 11.4. The highest BCUT2D eigenvalue weighted by Gasteiger charge is 2.15. The number of rotatable bonds is 2. The first-order valence-corrected chi connectivity index (χ1v) is 4.76. The third-order valence-electron chi connectivity index (χ3n) is 2.00. The molecular weight excluding hydrogens is 224 g/mol. The van der Waals surface area contributed by atoms with Gasteiger partial charge in [0.15, 0.2) is 5.69 Å². The Bertz CT molecular complexity index is 493. The van der Waals surface area contributed by atoms with Crippen molar-refractivity contribution >= 4 is 11.9 Å². The maximum absolute atomic E-state index is 11.4. The quantitative estimate of drug-likeness (QED) is 0.539. The van der Waals surface area contributed by atoms with Crippen LogP contribution >= 0.6 is 0 Å². The molecule has 0 spiro atoms. The zero-order valence-corrected chi connectivity index (χ0v) is 9.81. The topological polar surface area (TPSA) is 70.4 Å². The van der Waals surface area contributed by atoms with Crippen molar-refractivity contribution in [2.24, 2.45) is 7.05 Å². The normalized spacial score (nSPS) is 9.12. The van der Waals surface area contributed by atoms with Gasteiger partial charge >= 0.3 is 11.9 Å². The summed E-state index contributed by atoms with van der Waals surface area (Å²) in [7, 11) is 4.17. The molecule has 1 aromatic heterocycles. The minimum Gasteiger partial charge on any atom is -0.468 e. The summed E-state index contributed by atoms with van der Waals surface area (Å²) in [5, 5.41) is 3.90. The summed E-state index contributed by atoms with van der Waals surface area (Å²) in [5.41, 5.74) is 0.674. The molecule has 0 aromatic carbocycles. The molecule has 0 saturated heterocycles. The smallest absolute Gasteiger partial charge is 0.357 e. The van der Waals surface area contributed by atoms with Crippen LogP contribution in [0.2, 0.25) is 0 Å². The van der Waals surface area contributed by atoms with Gasteiger partial charge in [0, 0.05) is 7.05 Å². The van der Waals surface area contributed by atoms with Gasteiger partial charge in [0.1, 0.15) is 6.42 Å². The first-order valence-electron chi connectivity index (χ1n) is 4.76. The summed E-state index contributed by atoms with van der Waals surface area (Å²) in [6.07, 6.45) is 1.41. The van der Waals surface area contributed by atoms with Crippen LogP contribution in [0.25, 0.3) is 0 Å². The molecule has 1 aromatic rings. The summed E-state index contributed by atoms with van der Waals surface area (Å²) in [6.45, 7) is 0. The fraction of sp³-hybridized carbons (Fsp3) is 0.364. The van der Waals surface area contributed by atoms with Crippen molar-refractivity contribution in [3.63, 3.8) is 0 Å². The van der Waals surface area contributed by atoms with Gasteiger partial charge in [-0.3, -0.25) is 9.48 Å². The van der Waals surface area contributed by atoms with E-state index in [0.29, 0.717) is 5.56 Å². The van der Waals surface area contributed by atoms with Crippen LogP contribution < -0.4 is 0 Å². The molecule has 0 radical (unpaired) electrons. The van der Waals surface area contributed by atoms with Crippen molar-refractivity contribution in [1.29, 1.82) is 0 Å². The van der Waals surface area contributed by atoms with Crippen LogP contribution in [0.5, 0.6) is 0 Å². The van der Waals surface area contributed by atoms with E-state index in [9.17, 15) is 9.59 Å². The van der Waals surface area contributed by atoms with Gasteiger partial charge in [-0.15, -0.1) is 0 Å². The van der Waals surface area contributed by atoms with Crippen LogP contribution in [0.1, 0.15) is 22.5 Å². The van der Waals surface area contributed by atoms with Crippen LogP contribution in [0, 0.1) is 11.8 Å². The Morgan fingerprint density at radius 1 is 1.41 bits per heavy atom. The van der Waals surface area contributed by atoms with E-state index in [1.165, 1.54) is 25.1 Å². The monoisotopic (exact) mass is 236 g/mol. The number of carbonyl (C=O) groups is 2. The summed E-state index contributed by atoms with van der Waals surface area (Å²) in [5.74, 6) is 4.33. The molecular formula is C11H12N2O4. The average molecular weight is 236 g/mol. The predicted octanol–water partition coefficient (Wildman–Crippen LogP) is 0.121. The van der Waals surface area contributed by atoms with Crippen LogP contribution in [-0.2, 0) is 21.3 Å². The second-order valence-electron chi connectivity index (χ2n) is 3.08. The Labute approximate surface area is 98.5 Å². The van der Waals surface area contributed by atoms with Gasteiger partial charge in [0.25, 0.3) is 0 Å². The number of hydrogen-bond acceptors (Lipinski definition) is 5. The maximum Gasteiger partial charge on any atom is 0.357 e. The highest BCUT2D eigenvalue weighted by atomic mass is 16.5. The van der Waals surface area contributed by atoms with Crippen LogP contribution in [-0.4, -0.2) is 35.9 Å². The lowest BCUT2D eigenvalue weighted by Crippen LogP contribution is -2.10. The Kier molecular flexibility index (Phi) is 4.29.